The van der Waals surface area contributed by atoms with Gasteiger partial charge in [0.05, 0.1) is 13.2 Å². The summed E-state index contributed by atoms with van der Waals surface area (Å²) in [4.78, 5) is 0. The lowest BCUT2D eigenvalue weighted by atomic mass is 10.0. The summed E-state index contributed by atoms with van der Waals surface area (Å²) in [6.07, 6.45) is -0.0142. The van der Waals surface area contributed by atoms with Crippen molar-refractivity contribution in [1.82, 2.24) is 0 Å². The Balaban J connectivity index is 2.94. The fourth-order valence-corrected chi connectivity index (χ4v) is 1.59. The number of aliphatic hydroxyl groups is 1. The van der Waals surface area contributed by atoms with Crippen LogP contribution >= 0.6 is 0 Å². The minimum atomic E-state index is -0.556. The average Bonchev–Trinajstić information content (AvgIpc) is 2.16. The van der Waals surface area contributed by atoms with Gasteiger partial charge in [0.2, 0.25) is 0 Å². The monoisotopic (exact) mass is 209 g/mol. The molecule has 3 nitrogen and oxygen atoms in total. The Morgan fingerprint density at radius 1 is 1.47 bits per heavy atom. The minimum Gasteiger partial charge on any atom is -0.496 e. The number of nitrogens with two attached hydrogens (primary N) is 1. The van der Waals surface area contributed by atoms with Crippen LogP contribution in [0.2, 0.25) is 0 Å². The zero-order valence-electron chi connectivity index (χ0n) is 9.53. The van der Waals surface area contributed by atoms with Gasteiger partial charge in [0.1, 0.15) is 5.75 Å². The molecule has 1 aromatic carbocycles. The molecule has 0 aliphatic rings. The Kier molecular flexibility index (Phi) is 4.12. The number of aliphatic hydroxyl groups excluding tert-OH is 1. The average molecular weight is 209 g/mol. The van der Waals surface area contributed by atoms with E-state index in [1.165, 1.54) is 0 Å². The number of hydrogen-bond donors (Lipinski definition) is 2. The van der Waals surface area contributed by atoms with Crippen LogP contribution in [0.4, 0.5) is 0 Å². The maximum atomic E-state index is 9.97. The van der Waals surface area contributed by atoms with E-state index < -0.39 is 6.10 Å². The second-order valence-electron chi connectivity index (χ2n) is 3.97. The molecule has 0 aliphatic carbocycles. The Hall–Kier alpha value is -1.06. The third-order valence-electron chi connectivity index (χ3n) is 2.34. The van der Waals surface area contributed by atoms with E-state index in [0.29, 0.717) is 12.2 Å². The molecule has 0 heterocycles. The second-order valence-corrected chi connectivity index (χ2v) is 3.97. The molecule has 0 aliphatic heterocycles. The minimum absolute atomic E-state index is 0.0229. The van der Waals surface area contributed by atoms with Crippen LogP contribution in [0, 0.1) is 6.92 Å². The molecule has 0 saturated carbocycles. The second kappa shape index (κ2) is 5.14. The molecule has 0 saturated heterocycles. The number of methoxy groups -OCH3 is 1. The summed E-state index contributed by atoms with van der Waals surface area (Å²) in [6, 6.07) is 5.74. The van der Waals surface area contributed by atoms with Crippen LogP contribution < -0.4 is 10.5 Å². The number of ether oxygens (including phenoxy) is 1. The van der Waals surface area contributed by atoms with Crippen LogP contribution in [0.15, 0.2) is 18.2 Å². The van der Waals surface area contributed by atoms with Crippen molar-refractivity contribution in [2.45, 2.75) is 32.4 Å². The maximum Gasteiger partial charge on any atom is 0.124 e. The van der Waals surface area contributed by atoms with Gasteiger partial charge in [0, 0.05) is 11.6 Å². The molecule has 0 fully saturated rings. The standard InChI is InChI=1S/C12H19NO2/c1-8-4-5-12(15-3)10(6-8)11(14)7-9(2)13/h4-6,9,11,14H,7,13H2,1-3H3. The molecule has 0 bridgehead atoms. The van der Waals surface area contributed by atoms with Gasteiger partial charge in [-0.1, -0.05) is 11.6 Å². The quantitative estimate of drug-likeness (QED) is 0.794. The highest BCUT2D eigenvalue weighted by atomic mass is 16.5. The van der Waals surface area contributed by atoms with Gasteiger partial charge >= 0.3 is 0 Å². The molecule has 15 heavy (non-hydrogen) atoms. The van der Waals surface area contributed by atoms with Crippen molar-refractivity contribution >= 4 is 0 Å². The topological polar surface area (TPSA) is 55.5 Å². The molecule has 1 rings (SSSR count). The third kappa shape index (κ3) is 3.22. The molecule has 2 unspecified atom stereocenters. The van der Waals surface area contributed by atoms with Crippen molar-refractivity contribution in [1.29, 1.82) is 0 Å². The van der Waals surface area contributed by atoms with Gasteiger partial charge in [-0.15, -0.1) is 0 Å². The molecule has 2 atom stereocenters. The number of benzene rings is 1. The maximum absolute atomic E-state index is 9.97. The Morgan fingerprint density at radius 2 is 2.13 bits per heavy atom. The molecule has 0 spiro atoms. The van der Waals surface area contributed by atoms with Crippen molar-refractivity contribution in [3.63, 3.8) is 0 Å². The first-order chi connectivity index (χ1) is 7.04. The highest BCUT2D eigenvalue weighted by Crippen LogP contribution is 2.28. The van der Waals surface area contributed by atoms with E-state index in [1.807, 2.05) is 32.0 Å². The molecule has 0 amide bonds. The lowest BCUT2D eigenvalue weighted by Crippen LogP contribution is -2.18. The van der Waals surface area contributed by atoms with Crippen LogP contribution in [0.3, 0.4) is 0 Å². The summed E-state index contributed by atoms with van der Waals surface area (Å²) in [6.45, 7) is 3.87. The van der Waals surface area contributed by atoms with Crippen molar-refractivity contribution in [2.75, 3.05) is 7.11 Å². The van der Waals surface area contributed by atoms with Gasteiger partial charge in [-0.3, -0.25) is 0 Å². The molecule has 3 N–H and O–H groups in total. The first-order valence-corrected chi connectivity index (χ1v) is 5.12. The number of hydrogen-bond acceptors (Lipinski definition) is 3. The molecule has 0 aromatic heterocycles. The third-order valence-corrected chi connectivity index (χ3v) is 2.34. The molecular weight excluding hydrogens is 190 g/mol. The highest BCUT2D eigenvalue weighted by Gasteiger charge is 2.14. The van der Waals surface area contributed by atoms with Crippen molar-refractivity contribution in [3.8, 4) is 5.75 Å². The first-order valence-electron chi connectivity index (χ1n) is 5.12. The van der Waals surface area contributed by atoms with E-state index in [4.69, 9.17) is 10.5 Å². The van der Waals surface area contributed by atoms with Crippen LogP contribution in [0.1, 0.15) is 30.6 Å². The van der Waals surface area contributed by atoms with Gasteiger partial charge < -0.3 is 15.6 Å². The van der Waals surface area contributed by atoms with Crippen molar-refractivity contribution < 1.29 is 9.84 Å². The van der Waals surface area contributed by atoms with E-state index in [2.05, 4.69) is 0 Å². The summed E-state index contributed by atoms with van der Waals surface area (Å²) < 4.78 is 5.20. The fraction of sp³-hybridized carbons (Fsp3) is 0.500. The summed E-state index contributed by atoms with van der Waals surface area (Å²) in [5, 5.41) is 9.97. The summed E-state index contributed by atoms with van der Waals surface area (Å²) in [7, 11) is 1.60. The summed E-state index contributed by atoms with van der Waals surface area (Å²) >= 11 is 0. The van der Waals surface area contributed by atoms with E-state index in [-0.39, 0.29) is 6.04 Å². The summed E-state index contributed by atoms with van der Waals surface area (Å²) in [5.74, 6) is 0.716. The molecule has 84 valence electrons. The predicted octanol–water partition coefficient (Wildman–Crippen LogP) is 1.77. The normalized spacial score (nSPS) is 14.7. The van der Waals surface area contributed by atoms with Gasteiger partial charge in [0.15, 0.2) is 0 Å². The SMILES string of the molecule is COc1ccc(C)cc1C(O)CC(C)N. The van der Waals surface area contributed by atoms with E-state index in [0.717, 1.165) is 11.1 Å². The molecule has 3 heteroatoms. The van der Waals surface area contributed by atoms with Crippen LogP contribution in [0.25, 0.3) is 0 Å². The Morgan fingerprint density at radius 3 is 2.67 bits per heavy atom. The largest absolute Gasteiger partial charge is 0.496 e. The Labute approximate surface area is 90.9 Å². The predicted molar refractivity (Wildman–Crippen MR) is 61.0 cm³/mol. The van der Waals surface area contributed by atoms with Crippen molar-refractivity contribution in [3.05, 3.63) is 29.3 Å². The van der Waals surface area contributed by atoms with E-state index in [1.54, 1.807) is 7.11 Å². The van der Waals surface area contributed by atoms with Crippen molar-refractivity contribution in [2.24, 2.45) is 5.73 Å². The van der Waals surface area contributed by atoms with E-state index >= 15 is 0 Å². The van der Waals surface area contributed by atoms with Crippen LogP contribution in [-0.2, 0) is 0 Å². The zero-order valence-corrected chi connectivity index (χ0v) is 9.53. The molecule has 0 radical (unpaired) electrons. The van der Waals surface area contributed by atoms with Gasteiger partial charge in [-0.2, -0.15) is 0 Å². The Bertz CT molecular complexity index is 323. The zero-order chi connectivity index (χ0) is 11.4. The van der Waals surface area contributed by atoms with E-state index in [9.17, 15) is 5.11 Å². The smallest absolute Gasteiger partial charge is 0.124 e. The summed E-state index contributed by atoms with van der Waals surface area (Å²) in [5.41, 5.74) is 7.58. The van der Waals surface area contributed by atoms with Crippen LogP contribution in [0.5, 0.6) is 5.75 Å². The first kappa shape index (κ1) is 12.0. The highest BCUT2D eigenvalue weighted by molar-refractivity contribution is 5.38. The van der Waals surface area contributed by atoms with Gasteiger partial charge in [0.25, 0.3) is 0 Å². The number of rotatable bonds is 4. The molecular formula is C12H19NO2. The lowest BCUT2D eigenvalue weighted by molar-refractivity contribution is 0.156. The molecule has 1 aromatic rings. The van der Waals surface area contributed by atoms with Gasteiger partial charge in [-0.25, -0.2) is 0 Å². The number of aryl methyl sites for hydroxylation is 1. The fourth-order valence-electron chi connectivity index (χ4n) is 1.59. The van der Waals surface area contributed by atoms with Gasteiger partial charge in [-0.05, 0) is 32.4 Å². The lowest BCUT2D eigenvalue weighted by Gasteiger charge is -2.17. The van der Waals surface area contributed by atoms with Crippen LogP contribution in [-0.4, -0.2) is 18.3 Å².